The van der Waals surface area contributed by atoms with Crippen molar-refractivity contribution in [1.82, 2.24) is 41.9 Å². The third kappa shape index (κ3) is 14.1. The van der Waals surface area contributed by atoms with Gasteiger partial charge in [0.2, 0.25) is 35.4 Å². The van der Waals surface area contributed by atoms with Gasteiger partial charge in [0.25, 0.3) is 0 Å². The number of aromatic nitrogens is 2. The quantitative estimate of drug-likeness (QED) is 0.0348. The van der Waals surface area contributed by atoms with Gasteiger partial charge in [0.05, 0.1) is 31.4 Å². The van der Waals surface area contributed by atoms with Gasteiger partial charge in [-0.25, -0.2) is 4.79 Å². The number of para-hydroxylation sites is 2. The predicted molar refractivity (Wildman–Crippen MR) is 225 cm³/mol. The summed E-state index contributed by atoms with van der Waals surface area (Å²) in [5.74, 6) is -13.6. The van der Waals surface area contributed by atoms with Crippen LogP contribution in [0.3, 0.4) is 0 Å². The Kier molecular flexibility index (Phi) is 17.2. The molecule has 0 saturated heterocycles. The van der Waals surface area contributed by atoms with Gasteiger partial charge in [0.15, 0.2) is 0 Å². The third-order valence-electron chi connectivity index (χ3n) is 9.96. The van der Waals surface area contributed by atoms with Crippen LogP contribution in [0, 0.1) is 0 Å². The highest BCUT2D eigenvalue weighted by Crippen LogP contribution is 2.21. The van der Waals surface area contributed by atoms with E-state index < -0.39 is 127 Å². The number of H-pyrrole nitrogens is 2. The summed E-state index contributed by atoms with van der Waals surface area (Å²) in [5, 5.41) is 63.6. The van der Waals surface area contributed by atoms with Crippen LogP contribution in [0.2, 0.25) is 0 Å². The van der Waals surface area contributed by atoms with Crippen molar-refractivity contribution in [1.29, 1.82) is 0 Å². The van der Waals surface area contributed by atoms with Crippen LogP contribution in [0.25, 0.3) is 21.8 Å². The smallest absolute Gasteiger partial charge is 0.326 e. The van der Waals surface area contributed by atoms with Crippen LogP contribution in [0.4, 0.5) is 0 Å². The van der Waals surface area contributed by atoms with Gasteiger partial charge in [-0.1, -0.05) is 36.4 Å². The molecule has 65 heavy (non-hydrogen) atoms. The largest absolute Gasteiger partial charge is 0.481 e. The summed E-state index contributed by atoms with van der Waals surface area (Å²) >= 11 is 0. The first-order chi connectivity index (χ1) is 30.6. The summed E-state index contributed by atoms with van der Waals surface area (Å²) in [6.45, 7) is 2.33. The van der Waals surface area contributed by atoms with Crippen LogP contribution in [-0.4, -0.2) is 143 Å². The Bertz CT molecular complexity index is 2450. The van der Waals surface area contributed by atoms with Crippen molar-refractivity contribution < 1.29 is 73.5 Å². The number of aliphatic hydroxyl groups excluding tert-OH is 1. The first kappa shape index (κ1) is 49.8. The van der Waals surface area contributed by atoms with E-state index in [0.717, 1.165) is 6.92 Å². The standard InChI is InChI=1S/C41H49N9O15/c1-18(42)35(58)45-29(15-33(56)57)39(62)50-34(19(2)51)40(63)48-26(11-20-16-43-24-9-5-3-7-22(20)24)36(59)46-27(13-31(52)53)37(60)47-28(14-32(54)55)38(61)49-30(41(64)65)12-21-17-44-25-10-6-4-8-23(21)25/h3-10,16-19,26-30,34,43-44,51H,11-15,42H2,1-2H3,(H,45,58)(H,46,59)(H,47,60)(H,48,63)(H,49,61)(H,50,62)(H,52,53)(H,54,55)(H,56,57)(H,64,65)/t18-,19+,26-,27-,28-,29-,30-,34-/m0/s1. The molecule has 0 unspecified atom stereocenters. The average Bonchev–Trinajstić information content (AvgIpc) is 3.84. The molecule has 2 aromatic heterocycles. The Hall–Kier alpha value is -7.86. The molecule has 24 nitrogen and oxygen atoms in total. The molecule has 8 atom stereocenters. The third-order valence-corrected chi connectivity index (χ3v) is 9.96. The minimum absolute atomic E-state index is 0.271. The number of carboxylic acid groups (broad SMARTS) is 4. The van der Waals surface area contributed by atoms with E-state index in [0.29, 0.717) is 32.9 Å². The zero-order chi connectivity index (χ0) is 48.1. The zero-order valence-corrected chi connectivity index (χ0v) is 34.8. The Morgan fingerprint density at radius 1 is 0.508 bits per heavy atom. The number of carbonyl (C=O) groups excluding carboxylic acids is 6. The van der Waals surface area contributed by atoms with Gasteiger partial charge in [-0.15, -0.1) is 0 Å². The van der Waals surface area contributed by atoms with Crippen LogP contribution in [0.1, 0.15) is 44.2 Å². The number of nitrogens with two attached hydrogens (primary N) is 1. The number of fused-ring (bicyclic) bond motifs is 2. The number of aliphatic hydroxyl groups is 1. The van der Waals surface area contributed by atoms with E-state index in [4.69, 9.17) is 5.73 Å². The Morgan fingerprint density at radius 3 is 1.26 bits per heavy atom. The molecular formula is C41H49N9O15. The highest BCUT2D eigenvalue weighted by Gasteiger charge is 2.37. The molecular weight excluding hydrogens is 858 g/mol. The fourth-order valence-electron chi connectivity index (χ4n) is 6.64. The SMILES string of the molecule is C[C@H](N)C(=O)N[C@@H](CC(=O)O)C(=O)N[C@H](C(=O)N[C@@H](Cc1c[nH]c2ccccc12)C(=O)N[C@@H](CC(=O)O)C(=O)N[C@@H](CC(=O)O)C(=O)N[C@@H](Cc1c[nH]c2ccccc12)C(=O)O)[C@@H](C)O. The zero-order valence-electron chi connectivity index (χ0n) is 34.8. The normalized spacial score (nSPS) is 14.8. The number of benzene rings is 2. The molecule has 4 aromatic rings. The summed E-state index contributed by atoms with van der Waals surface area (Å²) in [7, 11) is 0. The van der Waals surface area contributed by atoms with Gasteiger partial charge < -0.3 is 73.1 Å². The number of nitrogens with one attached hydrogen (secondary N) is 8. The van der Waals surface area contributed by atoms with Crippen LogP contribution in [-0.2, 0) is 60.8 Å². The lowest BCUT2D eigenvalue weighted by Crippen LogP contribution is -2.62. The van der Waals surface area contributed by atoms with Gasteiger partial charge in [-0.05, 0) is 37.1 Å². The van der Waals surface area contributed by atoms with Gasteiger partial charge in [-0.3, -0.25) is 43.2 Å². The number of hydrogen-bond donors (Lipinski definition) is 14. The van der Waals surface area contributed by atoms with E-state index in [9.17, 15) is 73.5 Å². The predicted octanol–water partition coefficient (Wildman–Crippen LogP) is -2.42. The van der Waals surface area contributed by atoms with Gasteiger partial charge in [-0.2, -0.15) is 0 Å². The lowest BCUT2D eigenvalue weighted by molar-refractivity contribution is -0.145. The molecule has 24 heteroatoms. The summed E-state index contributed by atoms with van der Waals surface area (Å²) in [5.41, 5.74) is 7.68. The maximum Gasteiger partial charge on any atom is 0.326 e. The number of carboxylic acids is 4. The van der Waals surface area contributed by atoms with Crippen LogP contribution in [0.15, 0.2) is 60.9 Å². The second-order valence-electron chi connectivity index (χ2n) is 15.1. The lowest BCUT2D eigenvalue weighted by atomic mass is 10.0. The summed E-state index contributed by atoms with van der Waals surface area (Å²) < 4.78 is 0. The number of amides is 6. The molecule has 0 aliphatic carbocycles. The van der Waals surface area contributed by atoms with Gasteiger partial charge >= 0.3 is 23.9 Å². The molecule has 2 heterocycles. The number of aliphatic carboxylic acids is 4. The van der Waals surface area contributed by atoms with Crippen LogP contribution in [0.5, 0.6) is 0 Å². The maximum absolute atomic E-state index is 14.1. The fraction of sp³-hybridized carbons (Fsp3) is 0.366. The van der Waals surface area contributed by atoms with Crippen molar-refractivity contribution in [3.63, 3.8) is 0 Å². The van der Waals surface area contributed by atoms with Gasteiger partial charge in [0.1, 0.15) is 36.3 Å². The van der Waals surface area contributed by atoms with E-state index in [1.165, 1.54) is 19.3 Å². The van der Waals surface area contributed by atoms with Crippen molar-refractivity contribution >= 4 is 81.1 Å². The minimum Gasteiger partial charge on any atom is -0.481 e. The maximum atomic E-state index is 14.1. The number of carbonyl (C=O) groups is 10. The van der Waals surface area contributed by atoms with Crippen LogP contribution < -0.4 is 37.6 Å². The number of rotatable bonds is 24. The molecule has 4 rings (SSSR count). The summed E-state index contributed by atoms with van der Waals surface area (Å²) in [6, 6.07) is 1.33. The molecule has 0 bridgehead atoms. The summed E-state index contributed by atoms with van der Waals surface area (Å²) in [6.07, 6.45) is -2.59. The van der Waals surface area contributed by atoms with E-state index in [1.807, 2.05) is 0 Å². The molecule has 0 aliphatic heterocycles. The highest BCUT2D eigenvalue weighted by molar-refractivity contribution is 5.99. The summed E-state index contributed by atoms with van der Waals surface area (Å²) in [4.78, 5) is 134. The first-order valence-corrected chi connectivity index (χ1v) is 19.9. The molecule has 0 fully saturated rings. The second kappa shape index (κ2) is 22.5. The Labute approximate surface area is 368 Å². The molecule has 15 N–H and O–H groups in total. The first-order valence-electron chi connectivity index (χ1n) is 19.9. The van der Waals surface area contributed by atoms with Crippen molar-refractivity contribution in [2.24, 2.45) is 5.73 Å². The Morgan fingerprint density at radius 2 is 0.862 bits per heavy atom. The second-order valence-corrected chi connectivity index (χ2v) is 15.1. The topological polar surface area (TPSA) is 402 Å². The number of aromatic amines is 2. The number of hydrogen-bond acceptors (Lipinski definition) is 12. The molecule has 2 aromatic carbocycles. The van der Waals surface area contributed by atoms with E-state index >= 15 is 0 Å². The van der Waals surface area contributed by atoms with Gasteiger partial charge in [0, 0.05) is 47.0 Å². The highest BCUT2D eigenvalue weighted by atomic mass is 16.4. The van der Waals surface area contributed by atoms with Crippen molar-refractivity contribution in [2.45, 2.75) is 94.3 Å². The Balaban J connectivity index is 1.60. The minimum atomic E-state index is -2.06. The fourth-order valence-corrected chi connectivity index (χ4v) is 6.64. The van der Waals surface area contributed by atoms with E-state index in [2.05, 4.69) is 41.9 Å². The van der Waals surface area contributed by atoms with E-state index in [1.54, 1.807) is 48.5 Å². The molecule has 0 saturated carbocycles. The lowest BCUT2D eigenvalue weighted by Gasteiger charge is -2.28. The average molecular weight is 908 g/mol. The monoisotopic (exact) mass is 907 g/mol. The van der Waals surface area contributed by atoms with E-state index in [-0.39, 0.29) is 12.8 Å². The molecule has 0 radical (unpaired) electrons. The molecule has 0 aliphatic rings. The van der Waals surface area contributed by atoms with Crippen LogP contribution >= 0.6 is 0 Å². The molecule has 348 valence electrons. The van der Waals surface area contributed by atoms with Crippen molar-refractivity contribution in [2.75, 3.05) is 0 Å². The van der Waals surface area contributed by atoms with Crippen molar-refractivity contribution in [3.8, 4) is 0 Å². The molecule has 6 amide bonds. The molecule has 0 spiro atoms. The van der Waals surface area contributed by atoms with Crippen molar-refractivity contribution in [3.05, 3.63) is 72.1 Å².